The zero-order valence-electron chi connectivity index (χ0n) is 12.6. The Kier molecular flexibility index (Phi) is 3.83. The molecule has 0 N–H and O–H groups in total. The third-order valence-corrected chi connectivity index (χ3v) is 4.07. The van der Waals surface area contributed by atoms with Crippen LogP contribution < -0.4 is 0 Å². The van der Waals surface area contributed by atoms with Crippen LogP contribution in [0.3, 0.4) is 0 Å². The molecule has 2 aromatic carbocycles. The number of hydrogen-bond acceptors (Lipinski definition) is 1. The van der Waals surface area contributed by atoms with Gasteiger partial charge in [-0.1, -0.05) is 30.3 Å². The molecule has 0 spiro atoms. The number of halogens is 2. The molecular formula is C19H18F2O. The number of hydrogen-bond donors (Lipinski definition) is 0. The Morgan fingerprint density at radius 3 is 2.09 bits per heavy atom. The Balaban J connectivity index is 1.86. The molecule has 1 unspecified atom stereocenters. The van der Waals surface area contributed by atoms with Crippen LogP contribution in [0.1, 0.15) is 37.5 Å². The smallest absolute Gasteiger partial charge is 0.123 e. The molecule has 1 heterocycles. The molecule has 0 bridgehead atoms. The molecule has 1 saturated heterocycles. The van der Waals surface area contributed by atoms with E-state index in [4.69, 9.17) is 4.74 Å². The maximum Gasteiger partial charge on any atom is 0.123 e. The Morgan fingerprint density at radius 2 is 1.50 bits per heavy atom. The Bertz CT molecular complexity index is 684. The summed E-state index contributed by atoms with van der Waals surface area (Å²) in [7, 11) is 0. The lowest BCUT2D eigenvalue weighted by Gasteiger charge is -2.21. The molecule has 1 nitrogen and oxygen atoms in total. The number of benzene rings is 2. The van der Waals surface area contributed by atoms with E-state index in [1.165, 1.54) is 24.3 Å². The minimum absolute atomic E-state index is 0.0812. The predicted octanol–water partition coefficient (Wildman–Crippen LogP) is 5.29. The van der Waals surface area contributed by atoms with Crippen LogP contribution >= 0.6 is 0 Å². The second kappa shape index (κ2) is 5.65. The fourth-order valence-electron chi connectivity index (χ4n) is 2.77. The third-order valence-electron chi connectivity index (χ3n) is 4.07. The highest BCUT2D eigenvalue weighted by molar-refractivity contribution is 5.56. The molecule has 1 atom stereocenters. The van der Waals surface area contributed by atoms with Crippen molar-refractivity contribution >= 4 is 6.08 Å². The van der Waals surface area contributed by atoms with Crippen molar-refractivity contribution in [2.45, 2.75) is 32.0 Å². The summed E-state index contributed by atoms with van der Waals surface area (Å²) in [5.41, 5.74) is 2.67. The summed E-state index contributed by atoms with van der Waals surface area (Å²) >= 11 is 0. The summed E-state index contributed by atoms with van der Waals surface area (Å²) in [6.45, 7) is 4.04. The predicted molar refractivity (Wildman–Crippen MR) is 83.3 cm³/mol. The van der Waals surface area contributed by atoms with Crippen LogP contribution in [-0.2, 0) is 4.74 Å². The highest BCUT2D eigenvalue weighted by Gasteiger charge is 2.37. The van der Waals surface area contributed by atoms with Gasteiger partial charge in [-0.2, -0.15) is 0 Å². The molecule has 0 saturated carbocycles. The largest absolute Gasteiger partial charge is 0.363 e. The molecule has 0 amide bonds. The van der Waals surface area contributed by atoms with Gasteiger partial charge in [-0.15, -0.1) is 0 Å². The van der Waals surface area contributed by atoms with Gasteiger partial charge < -0.3 is 4.74 Å². The summed E-state index contributed by atoms with van der Waals surface area (Å²) < 4.78 is 32.2. The topological polar surface area (TPSA) is 9.23 Å². The van der Waals surface area contributed by atoms with Gasteiger partial charge in [0.2, 0.25) is 0 Å². The van der Waals surface area contributed by atoms with Crippen molar-refractivity contribution < 1.29 is 13.5 Å². The summed E-state index contributed by atoms with van der Waals surface area (Å²) in [6, 6.07) is 12.8. The number of ether oxygens (including phenoxy) is 1. The SMILES string of the molecule is CC1(C)OC(c2ccc(F)cc2)C/C1=C/c1ccc(F)cc1. The van der Waals surface area contributed by atoms with Gasteiger partial charge >= 0.3 is 0 Å². The monoisotopic (exact) mass is 300 g/mol. The minimum Gasteiger partial charge on any atom is -0.363 e. The quantitative estimate of drug-likeness (QED) is 0.732. The van der Waals surface area contributed by atoms with Crippen molar-refractivity contribution in [1.29, 1.82) is 0 Å². The third kappa shape index (κ3) is 3.09. The van der Waals surface area contributed by atoms with E-state index in [0.717, 1.165) is 23.1 Å². The second-order valence-corrected chi connectivity index (χ2v) is 6.09. The van der Waals surface area contributed by atoms with Crippen molar-refractivity contribution in [2.24, 2.45) is 0 Å². The van der Waals surface area contributed by atoms with Crippen LogP contribution in [0, 0.1) is 11.6 Å². The highest BCUT2D eigenvalue weighted by atomic mass is 19.1. The van der Waals surface area contributed by atoms with Gasteiger partial charge in [-0.25, -0.2) is 8.78 Å². The molecule has 0 radical (unpaired) electrons. The number of rotatable bonds is 2. The zero-order chi connectivity index (χ0) is 15.7. The maximum absolute atomic E-state index is 13.0. The first-order valence-corrected chi connectivity index (χ1v) is 7.34. The second-order valence-electron chi connectivity index (χ2n) is 6.09. The van der Waals surface area contributed by atoms with E-state index in [-0.39, 0.29) is 17.7 Å². The van der Waals surface area contributed by atoms with Crippen molar-refractivity contribution in [3.8, 4) is 0 Å². The van der Waals surface area contributed by atoms with E-state index in [1.807, 2.05) is 19.9 Å². The van der Waals surface area contributed by atoms with E-state index in [0.29, 0.717) is 0 Å². The molecule has 3 rings (SSSR count). The van der Waals surface area contributed by atoms with Crippen molar-refractivity contribution in [2.75, 3.05) is 0 Å². The molecule has 0 aliphatic carbocycles. The van der Waals surface area contributed by atoms with Crippen molar-refractivity contribution in [3.63, 3.8) is 0 Å². The molecule has 22 heavy (non-hydrogen) atoms. The standard InChI is InChI=1S/C19H18F2O/c1-19(2)15(11-13-3-7-16(20)8-4-13)12-18(22-19)14-5-9-17(21)10-6-14/h3-11,18H,12H2,1-2H3/b15-11-. The van der Waals surface area contributed by atoms with Crippen LogP contribution in [0.5, 0.6) is 0 Å². The van der Waals surface area contributed by atoms with Gasteiger partial charge in [0.15, 0.2) is 0 Å². The first kappa shape index (κ1) is 14.9. The highest BCUT2D eigenvalue weighted by Crippen LogP contribution is 2.43. The van der Waals surface area contributed by atoms with Gasteiger partial charge in [-0.05, 0) is 54.8 Å². The molecule has 3 heteroatoms. The maximum atomic E-state index is 13.0. The van der Waals surface area contributed by atoms with E-state index in [2.05, 4.69) is 0 Å². The van der Waals surface area contributed by atoms with Crippen LogP contribution in [0.4, 0.5) is 8.78 Å². The Labute approximate surface area is 129 Å². The van der Waals surface area contributed by atoms with E-state index < -0.39 is 5.60 Å². The molecule has 1 aliphatic heterocycles. The van der Waals surface area contributed by atoms with Crippen molar-refractivity contribution in [3.05, 3.63) is 76.9 Å². The fourth-order valence-corrected chi connectivity index (χ4v) is 2.77. The average molecular weight is 300 g/mol. The minimum atomic E-state index is -0.395. The Hall–Kier alpha value is -2.00. The summed E-state index contributed by atoms with van der Waals surface area (Å²) in [6.07, 6.45) is 2.71. The molecule has 1 aliphatic rings. The fraction of sp³-hybridized carbons (Fsp3) is 0.263. The van der Waals surface area contributed by atoms with Gasteiger partial charge in [0, 0.05) is 6.42 Å². The lowest BCUT2D eigenvalue weighted by molar-refractivity contribution is -0.00411. The summed E-state index contributed by atoms with van der Waals surface area (Å²) in [4.78, 5) is 0. The van der Waals surface area contributed by atoms with E-state index >= 15 is 0 Å². The van der Waals surface area contributed by atoms with E-state index in [9.17, 15) is 8.78 Å². The molecule has 0 aromatic heterocycles. The summed E-state index contributed by atoms with van der Waals surface area (Å²) in [5.74, 6) is -0.489. The van der Waals surface area contributed by atoms with Crippen molar-refractivity contribution in [1.82, 2.24) is 0 Å². The van der Waals surface area contributed by atoms with Crippen LogP contribution in [-0.4, -0.2) is 5.60 Å². The first-order valence-electron chi connectivity index (χ1n) is 7.34. The zero-order valence-corrected chi connectivity index (χ0v) is 12.6. The lowest BCUT2D eigenvalue weighted by Crippen LogP contribution is -2.20. The normalized spacial score (nSPS) is 22.2. The lowest BCUT2D eigenvalue weighted by atomic mass is 9.93. The van der Waals surface area contributed by atoms with Gasteiger partial charge in [0.25, 0.3) is 0 Å². The van der Waals surface area contributed by atoms with Gasteiger partial charge in [-0.3, -0.25) is 0 Å². The molecule has 2 aromatic rings. The molecular weight excluding hydrogens is 282 g/mol. The molecule has 1 fully saturated rings. The average Bonchev–Trinajstić information content (AvgIpc) is 2.77. The summed E-state index contributed by atoms with van der Waals surface area (Å²) in [5, 5.41) is 0. The van der Waals surface area contributed by atoms with E-state index in [1.54, 1.807) is 24.3 Å². The Morgan fingerprint density at radius 1 is 0.955 bits per heavy atom. The van der Waals surface area contributed by atoms with Crippen LogP contribution in [0.25, 0.3) is 6.08 Å². The van der Waals surface area contributed by atoms with Gasteiger partial charge in [0.05, 0.1) is 11.7 Å². The van der Waals surface area contributed by atoms with Gasteiger partial charge in [0.1, 0.15) is 11.6 Å². The van der Waals surface area contributed by atoms with Crippen LogP contribution in [0.15, 0.2) is 54.1 Å². The molecule has 114 valence electrons. The first-order chi connectivity index (χ1) is 10.4. The van der Waals surface area contributed by atoms with Crippen LogP contribution in [0.2, 0.25) is 0 Å².